The van der Waals surface area contributed by atoms with Gasteiger partial charge in [-0.3, -0.25) is 4.79 Å². The minimum Gasteiger partial charge on any atom is -0.385 e. The molecule has 9 heteroatoms. The monoisotopic (exact) mass is 368 g/mol. The summed E-state index contributed by atoms with van der Waals surface area (Å²) in [5, 5.41) is 7.36. The molecule has 0 aromatic heterocycles. The van der Waals surface area contributed by atoms with Crippen molar-refractivity contribution < 1.29 is 22.3 Å². The van der Waals surface area contributed by atoms with Gasteiger partial charge < -0.3 is 10.1 Å². The molecule has 0 bridgehead atoms. The van der Waals surface area contributed by atoms with Crippen LogP contribution in [0.25, 0.3) is 0 Å². The minimum absolute atomic E-state index is 0.241. The van der Waals surface area contributed by atoms with E-state index in [9.17, 15) is 17.6 Å². The molecule has 0 radical (unpaired) electrons. The molecule has 20 heavy (non-hydrogen) atoms. The van der Waals surface area contributed by atoms with E-state index in [4.69, 9.17) is 9.88 Å². The molecule has 0 heterocycles. The molecule has 0 saturated heterocycles. The molecule has 6 nitrogen and oxygen atoms in total. The van der Waals surface area contributed by atoms with E-state index in [-0.39, 0.29) is 16.6 Å². The van der Waals surface area contributed by atoms with Crippen LogP contribution in [0.2, 0.25) is 0 Å². The Morgan fingerprint density at radius 3 is 2.70 bits per heavy atom. The van der Waals surface area contributed by atoms with Gasteiger partial charge in [-0.25, -0.2) is 17.9 Å². The van der Waals surface area contributed by atoms with Gasteiger partial charge in [0.2, 0.25) is 10.0 Å². The summed E-state index contributed by atoms with van der Waals surface area (Å²) in [6, 6.07) is 2.20. The number of halogens is 2. The van der Waals surface area contributed by atoms with Crippen molar-refractivity contribution in [3.8, 4) is 0 Å². The van der Waals surface area contributed by atoms with Gasteiger partial charge in [0.15, 0.2) is 5.82 Å². The van der Waals surface area contributed by atoms with Crippen LogP contribution in [0.5, 0.6) is 0 Å². The van der Waals surface area contributed by atoms with Crippen molar-refractivity contribution in [3.63, 3.8) is 0 Å². The maximum Gasteiger partial charge on any atom is 0.254 e. The Morgan fingerprint density at radius 1 is 1.50 bits per heavy atom. The summed E-state index contributed by atoms with van der Waals surface area (Å²) in [6.45, 7) is 0.729. The first-order valence-electron chi connectivity index (χ1n) is 5.56. The lowest BCUT2D eigenvalue weighted by molar-refractivity contribution is 0.0944. The highest BCUT2D eigenvalue weighted by Gasteiger charge is 2.22. The number of ether oxygens (including phenoxy) is 1. The number of carbonyl (C=O) groups is 1. The standard InChI is InChI=1S/C11H14BrFN2O4S/c1-19-4-2-3-15-11(16)8-5-7(12)6-9(10(8)13)20(14,17)18/h5-6H,2-4H2,1H3,(H,15,16)(H2,14,17,18). The number of methoxy groups -OCH3 is 1. The molecule has 1 aromatic rings. The van der Waals surface area contributed by atoms with Gasteiger partial charge in [0.05, 0.1) is 5.56 Å². The molecule has 0 unspecified atom stereocenters. The molecular weight excluding hydrogens is 355 g/mol. The van der Waals surface area contributed by atoms with E-state index < -0.39 is 26.6 Å². The van der Waals surface area contributed by atoms with Gasteiger partial charge >= 0.3 is 0 Å². The van der Waals surface area contributed by atoms with Gasteiger partial charge in [-0.05, 0) is 18.6 Å². The number of hydrogen-bond acceptors (Lipinski definition) is 4. The van der Waals surface area contributed by atoms with Crippen molar-refractivity contribution in [2.24, 2.45) is 5.14 Å². The van der Waals surface area contributed by atoms with Crippen LogP contribution in [0.1, 0.15) is 16.8 Å². The second kappa shape index (κ2) is 7.11. The third-order valence-corrected chi connectivity index (χ3v) is 3.73. The SMILES string of the molecule is COCCCNC(=O)c1cc(Br)cc(S(N)(=O)=O)c1F. The molecule has 0 aliphatic heterocycles. The maximum absolute atomic E-state index is 14.0. The van der Waals surface area contributed by atoms with Gasteiger partial charge in [-0.15, -0.1) is 0 Å². The first kappa shape index (κ1) is 17.0. The molecule has 1 rings (SSSR count). The molecule has 0 aliphatic carbocycles. The van der Waals surface area contributed by atoms with E-state index in [2.05, 4.69) is 21.2 Å². The summed E-state index contributed by atoms with van der Waals surface area (Å²) in [5.74, 6) is -1.88. The van der Waals surface area contributed by atoms with Gasteiger partial charge in [0.1, 0.15) is 4.90 Å². The number of sulfonamides is 1. The Labute approximate surface area is 124 Å². The van der Waals surface area contributed by atoms with E-state index in [1.807, 2.05) is 0 Å². The van der Waals surface area contributed by atoms with E-state index >= 15 is 0 Å². The maximum atomic E-state index is 14.0. The van der Waals surface area contributed by atoms with Crippen molar-refractivity contribution in [2.45, 2.75) is 11.3 Å². The summed E-state index contributed by atoms with van der Waals surface area (Å²) in [7, 11) is -2.72. The van der Waals surface area contributed by atoms with Gasteiger partial charge in [-0.2, -0.15) is 0 Å². The van der Waals surface area contributed by atoms with Crippen molar-refractivity contribution in [3.05, 3.63) is 28.0 Å². The van der Waals surface area contributed by atoms with Crippen molar-refractivity contribution in [2.75, 3.05) is 20.3 Å². The molecule has 1 amide bonds. The van der Waals surface area contributed by atoms with Crippen molar-refractivity contribution in [1.29, 1.82) is 0 Å². The molecule has 112 valence electrons. The number of primary sulfonamides is 1. The summed E-state index contributed by atoms with van der Waals surface area (Å²) >= 11 is 3.01. The number of hydrogen-bond donors (Lipinski definition) is 2. The molecular formula is C11H14BrFN2O4S. The molecule has 0 saturated carbocycles. The average molecular weight is 369 g/mol. The van der Waals surface area contributed by atoms with E-state index in [0.29, 0.717) is 13.0 Å². The molecule has 0 aliphatic rings. The highest BCUT2D eigenvalue weighted by atomic mass is 79.9. The fourth-order valence-corrected chi connectivity index (χ4v) is 2.71. The fraction of sp³-hybridized carbons (Fsp3) is 0.364. The molecule has 0 spiro atoms. The molecule has 0 fully saturated rings. The molecule has 3 N–H and O–H groups in total. The fourth-order valence-electron chi connectivity index (χ4n) is 1.45. The lowest BCUT2D eigenvalue weighted by Gasteiger charge is -2.09. The van der Waals surface area contributed by atoms with Crippen molar-refractivity contribution >= 4 is 31.9 Å². The predicted molar refractivity (Wildman–Crippen MR) is 74.3 cm³/mol. The molecule has 1 aromatic carbocycles. The average Bonchev–Trinajstić information content (AvgIpc) is 2.35. The van der Waals surface area contributed by atoms with Crippen LogP contribution in [0, 0.1) is 5.82 Å². The third kappa shape index (κ3) is 4.51. The number of nitrogens with one attached hydrogen (secondary N) is 1. The normalized spacial score (nSPS) is 11.4. The van der Waals surface area contributed by atoms with Crippen LogP contribution in [-0.4, -0.2) is 34.6 Å². The van der Waals surface area contributed by atoms with Gasteiger partial charge in [0.25, 0.3) is 5.91 Å². The van der Waals surface area contributed by atoms with E-state index in [1.54, 1.807) is 0 Å². The van der Waals surface area contributed by atoms with E-state index in [0.717, 1.165) is 6.07 Å². The lowest BCUT2D eigenvalue weighted by Crippen LogP contribution is -2.27. The zero-order chi connectivity index (χ0) is 15.3. The molecule has 0 atom stereocenters. The third-order valence-electron chi connectivity index (χ3n) is 2.37. The van der Waals surface area contributed by atoms with Crippen LogP contribution in [0.4, 0.5) is 4.39 Å². The van der Waals surface area contributed by atoms with Gasteiger partial charge in [-0.1, -0.05) is 15.9 Å². The Bertz CT molecular complexity index is 607. The van der Waals surface area contributed by atoms with Crippen molar-refractivity contribution in [1.82, 2.24) is 5.32 Å². The summed E-state index contributed by atoms with van der Waals surface area (Å²) in [5.41, 5.74) is -0.388. The van der Waals surface area contributed by atoms with Gasteiger partial charge in [0, 0.05) is 24.7 Å². The van der Waals surface area contributed by atoms with Crippen LogP contribution < -0.4 is 10.5 Å². The zero-order valence-corrected chi connectivity index (χ0v) is 13.1. The number of carbonyl (C=O) groups excluding carboxylic acids is 1. The summed E-state index contributed by atoms with van der Waals surface area (Å²) < 4.78 is 41.6. The Kier molecular flexibility index (Phi) is 6.06. The summed E-state index contributed by atoms with van der Waals surface area (Å²) in [4.78, 5) is 11.1. The quantitative estimate of drug-likeness (QED) is 0.731. The highest BCUT2D eigenvalue weighted by molar-refractivity contribution is 9.10. The first-order chi connectivity index (χ1) is 9.27. The minimum atomic E-state index is -4.25. The topological polar surface area (TPSA) is 98.5 Å². The second-order valence-electron chi connectivity index (χ2n) is 3.91. The Balaban J connectivity index is 3.01. The highest BCUT2D eigenvalue weighted by Crippen LogP contribution is 2.23. The smallest absolute Gasteiger partial charge is 0.254 e. The second-order valence-corrected chi connectivity index (χ2v) is 6.36. The van der Waals surface area contributed by atoms with Crippen LogP contribution in [0.15, 0.2) is 21.5 Å². The van der Waals surface area contributed by atoms with Crippen LogP contribution in [-0.2, 0) is 14.8 Å². The zero-order valence-electron chi connectivity index (χ0n) is 10.7. The number of rotatable bonds is 6. The van der Waals surface area contributed by atoms with Crippen LogP contribution >= 0.6 is 15.9 Å². The lowest BCUT2D eigenvalue weighted by atomic mass is 10.2. The number of benzene rings is 1. The largest absolute Gasteiger partial charge is 0.385 e. The number of nitrogens with two attached hydrogens (primary N) is 1. The summed E-state index contributed by atoms with van der Waals surface area (Å²) in [6.07, 6.45) is 0.555. The number of amides is 1. The van der Waals surface area contributed by atoms with E-state index in [1.165, 1.54) is 13.2 Å². The Morgan fingerprint density at radius 2 is 2.15 bits per heavy atom. The predicted octanol–water partition coefficient (Wildman–Crippen LogP) is 1.00. The van der Waals surface area contributed by atoms with Crippen LogP contribution in [0.3, 0.4) is 0 Å². The first-order valence-corrected chi connectivity index (χ1v) is 7.90. The Hall–Kier alpha value is -1.03.